The van der Waals surface area contributed by atoms with Crippen molar-refractivity contribution in [3.05, 3.63) is 0 Å². The number of nitrogens with zero attached hydrogens (tertiary/aromatic N) is 1. The summed E-state index contributed by atoms with van der Waals surface area (Å²) < 4.78 is 9.28. The summed E-state index contributed by atoms with van der Waals surface area (Å²) in [6.45, 7) is 4.65. The SMILES string of the molecule is CCC(C)N(CCOC)C(=O)C(=O)OC. The molecule has 88 valence electrons. The van der Waals surface area contributed by atoms with Gasteiger partial charge in [-0.05, 0) is 13.3 Å². The zero-order valence-electron chi connectivity index (χ0n) is 9.78. The highest BCUT2D eigenvalue weighted by molar-refractivity contribution is 6.32. The van der Waals surface area contributed by atoms with Crippen LogP contribution in [0.2, 0.25) is 0 Å². The molecule has 0 aliphatic rings. The molecule has 0 fully saturated rings. The lowest BCUT2D eigenvalue weighted by Gasteiger charge is -2.26. The van der Waals surface area contributed by atoms with Gasteiger partial charge in [0.1, 0.15) is 0 Å². The molecule has 1 atom stereocenters. The number of carbonyl (C=O) groups is 2. The summed E-state index contributed by atoms with van der Waals surface area (Å²) in [7, 11) is 2.75. The van der Waals surface area contributed by atoms with Crippen LogP contribution in [0.1, 0.15) is 20.3 Å². The predicted molar refractivity (Wildman–Crippen MR) is 55.4 cm³/mol. The lowest BCUT2D eigenvalue weighted by molar-refractivity contribution is -0.159. The number of ether oxygens (including phenoxy) is 2. The Morgan fingerprint density at radius 3 is 2.33 bits per heavy atom. The molecule has 0 bridgehead atoms. The lowest BCUT2D eigenvalue weighted by atomic mass is 10.2. The molecule has 0 radical (unpaired) electrons. The van der Waals surface area contributed by atoms with E-state index in [0.29, 0.717) is 13.2 Å². The molecule has 1 unspecified atom stereocenters. The number of amides is 1. The smallest absolute Gasteiger partial charge is 0.396 e. The van der Waals surface area contributed by atoms with E-state index in [0.717, 1.165) is 6.42 Å². The molecule has 5 nitrogen and oxygen atoms in total. The highest BCUT2D eigenvalue weighted by atomic mass is 16.5. The number of rotatable bonds is 5. The summed E-state index contributed by atoms with van der Waals surface area (Å²) in [5.41, 5.74) is 0. The highest BCUT2D eigenvalue weighted by Crippen LogP contribution is 2.04. The highest BCUT2D eigenvalue weighted by Gasteiger charge is 2.25. The van der Waals surface area contributed by atoms with Gasteiger partial charge in [-0.3, -0.25) is 4.79 Å². The maximum absolute atomic E-state index is 11.6. The number of hydrogen-bond donors (Lipinski definition) is 0. The second-order valence-corrected chi connectivity index (χ2v) is 3.24. The first-order valence-electron chi connectivity index (χ1n) is 4.96. The summed E-state index contributed by atoms with van der Waals surface area (Å²) in [6, 6.07) is 0.00625. The van der Waals surface area contributed by atoms with Gasteiger partial charge in [-0.2, -0.15) is 0 Å². The molecule has 5 heteroatoms. The number of carbonyl (C=O) groups excluding carboxylic acids is 2. The summed E-state index contributed by atoms with van der Waals surface area (Å²) in [5, 5.41) is 0. The minimum Gasteiger partial charge on any atom is -0.462 e. The van der Waals surface area contributed by atoms with Crippen molar-refractivity contribution < 1.29 is 19.1 Å². The minimum atomic E-state index is -0.827. The van der Waals surface area contributed by atoms with Crippen LogP contribution in [-0.2, 0) is 19.1 Å². The zero-order chi connectivity index (χ0) is 11.8. The molecule has 0 N–H and O–H groups in total. The monoisotopic (exact) mass is 217 g/mol. The number of esters is 1. The van der Waals surface area contributed by atoms with Crippen LogP contribution >= 0.6 is 0 Å². The Morgan fingerprint density at radius 2 is 1.93 bits per heavy atom. The van der Waals surface area contributed by atoms with Crippen molar-refractivity contribution in [1.29, 1.82) is 0 Å². The fourth-order valence-corrected chi connectivity index (χ4v) is 1.14. The van der Waals surface area contributed by atoms with Gasteiger partial charge in [-0.15, -0.1) is 0 Å². The number of methoxy groups -OCH3 is 2. The van der Waals surface area contributed by atoms with Crippen molar-refractivity contribution in [1.82, 2.24) is 4.90 Å². The lowest BCUT2D eigenvalue weighted by Crippen LogP contribution is -2.44. The first kappa shape index (κ1) is 13.9. The average molecular weight is 217 g/mol. The van der Waals surface area contributed by atoms with Gasteiger partial charge < -0.3 is 14.4 Å². The Bertz CT molecular complexity index is 217. The maximum atomic E-state index is 11.6. The minimum absolute atomic E-state index is 0.00625. The van der Waals surface area contributed by atoms with Gasteiger partial charge in [-0.25, -0.2) is 4.79 Å². The molecule has 1 amide bonds. The first-order valence-corrected chi connectivity index (χ1v) is 4.96. The molecule has 0 aromatic carbocycles. The maximum Gasteiger partial charge on any atom is 0.396 e. The third-order valence-electron chi connectivity index (χ3n) is 2.28. The molecular weight excluding hydrogens is 198 g/mol. The Kier molecular flexibility index (Phi) is 6.70. The van der Waals surface area contributed by atoms with Crippen molar-refractivity contribution in [3.8, 4) is 0 Å². The first-order chi connectivity index (χ1) is 7.08. The van der Waals surface area contributed by atoms with Gasteiger partial charge in [0.15, 0.2) is 0 Å². The molecule has 0 spiro atoms. The van der Waals surface area contributed by atoms with E-state index in [1.165, 1.54) is 12.0 Å². The second-order valence-electron chi connectivity index (χ2n) is 3.24. The van der Waals surface area contributed by atoms with Gasteiger partial charge in [-0.1, -0.05) is 6.92 Å². The summed E-state index contributed by atoms with van der Waals surface area (Å²) >= 11 is 0. The van der Waals surface area contributed by atoms with Gasteiger partial charge in [0.05, 0.1) is 13.7 Å². The standard InChI is InChI=1S/C10H19NO4/c1-5-8(2)11(6-7-14-3)9(12)10(13)15-4/h8H,5-7H2,1-4H3. The molecule has 0 aromatic rings. The largest absolute Gasteiger partial charge is 0.462 e. The van der Waals surface area contributed by atoms with Crippen molar-refractivity contribution in [2.24, 2.45) is 0 Å². The quantitative estimate of drug-likeness (QED) is 0.495. The molecule has 0 saturated heterocycles. The van der Waals surface area contributed by atoms with Crippen LogP contribution in [-0.4, -0.2) is 50.2 Å². The van der Waals surface area contributed by atoms with Crippen molar-refractivity contribution in [2.45, 2.75) is 26.3 Å². The van der Waals surface area contributed by atoms with Crippen LogP contribution in [0.4, 0.5) is 0 Å². The Morgan fingerprint density at radius 1 is 1.33 bits per heavy atom. The summed E-state index contributed by atoms with van der Waals surface area (Å²) in [4.78, 5) is 24.1. The van der Waals surface area contributed by atoms with Crippen LogP contribution in [0.5, 0.6) is 0 Å². The molecule has 0 aliphatic heterocycles. The Labute approximate surface area is 90.3 Å². The molecule has 0 aromatic heterocycles. The summed E-state index contributed by atoms with van der Waals surface area (Å²) in [6.07, 6.45) is 0.784. The van der Waals surface area contributed by atoms with E-state index in [4.69, 9.17) is 4.74 Å². The van der Waals surface area contributed by atoms with Crippen LogP contribution in [0.15, 0.2) is 0 Å². The van der Waals surface area contributed by atoms with E-state index in [9.17, 15) is 9.59 Å². The molecule has 0 rings (SSSR count). The molecule has 0 heterocycles. The Balaban J connectivity index is 4.47. The normalized spacial score (nSPS) is 12.0. The fourth-order valence-electron chi connectivity index (χ4n) is 1.14. The van der Waals surface area contributed by atoms with E-state index < -0.39 is 11.9 Å². The third kappa shape index (κ3) is 4.29. The van der Waals surface area contributed by atoms with Gasteiger partial charge in [0, 0.05) is 19.7 Å². The van der Waals surface area contributed by atoms with E-state index in [1.54, 1.807) is 7.11 Å². The van der Waals surface area contributed by atoms with E-state index in [2.05, 4.69) is 4.74 Å². The van der Waals surface area contributed by atoms with Crippen molar-refractivity contribution in [2.75, 3.05) is 27.4 Å². The average Bonchev–Trinajstić information content (AvgIpc) is 2.27. The molecule has 0 aliphatic carbocycles. The van der Waals surface area contributed by atoms with E-state index >= 15 is 0 Å². The Hall–Kier alpha value is -1.10. The van der Waals surface area contributed by atoms with E-state index in [-0.39, 0.29) is 6.04 Å². The van der Waals surface area contributed by atoms with Crippen molar-refractivity contribution >= 4 is 11.9 Å². The van der Waals surface area contributed by atoms with Crippen LogP contribution in [0.25, 0.3) is 0 Å². The third-order valence-corrected chi connectivity index (χ3v) is 2.28. The van der Waals surface area contributed by atoms with Crippen LogP contribution in [0.3, 0.4) is 0 Å². The van der Waals surface area contributed by atoms with Gasteiger partial charge in [0.2, 0.25) is 0 Å². The molecule has 15 heavy (non-hydrogen) atoms. The molecular formula is C10H19NO4. The van der Waals surface area contributed by atoms with Gasteiger partial charge in [0.25, 0.3) is 0 Å². The van der Waals surface area contributed by atoms with Crippen LogP contribution in [0, 0.1) is 0 Å². The number of hydrogen-bond acceptors (Lipinski definition) is 4. The van der Waals surface area contributed by atoms with Crippen LogP contribution < -0.4 is 0 Å². The predicted octanol–water partition coefficient (Wildman–Crippen LogP) is 0.433. The van der Waals surface area contributed by atoms with E-state index in [1.807, 2.05) is 13.8 Å². The second kappa shape index (κ2) is 7.23. The summed E-state index contributed by atoms with van der Waals surface area (Å²) in [5.74, 6) is -1.43. The molecule has 0 saturated carbocycles. The fraction of sp³-hybridized carbons (Fsp3) is 0.800. The topological polar surface area (TPSA) is 55.8 Å². The zero-order valence-corrected chi connectivity index (χ0v) is 9.78. The van der Waals surface area contributed by atoms with Crippen molar-refractivity contribution in [3.63, 3.8) is 0 Å². The van der Waals surface area contributed by atoms with Gasteiger partial charge >= 0.3 is 11.9 Å².